The first-order valence-electron chi connectivity index (χ1n) is 8.78. The van der Waals surface area contributed by atoms with Gasteiger partial charge in [0.15, 0.2) is 5.69 Å². The Morgan fingerprint density at radius 2 is 1.63 bits per heavy atom. The molecule has 3 heterocycles. The van der Waals surface area contributed by atoms with Crippen LogP contribution in [-0.4, -0.2) is 52.8 Å². The van der Waals surface area contributed by atoms with Gasteiger partial charge in [0.25, 0.3) is 11.8 Å². The molecule has 3 aromatic rings. The number of carbonyl (C=O) groups excluding carboxylic acids is 2. The van der Waals surface area contributed by atoms with E-state index in [1.165, 1.54) is 11.3 Å². The topological polar surface area (TPSA) is 66.7 Å². The highest BCUT2D eigenvalue weighted by atomic mass is 32.1. The van der Waals surface area contributed by atoms with Gasteiger partial charge in [-0.2, -0.15) is 0 Å². The number of aryl methyl sites for hydroxylation is 1. The molecule has 0 N–H and O–H groups in total. The highest BCUT2D eigenvalue weighted by Crippen LogP contribution is 2.23. The van der Waals surface area contributed by atoms with E-state index < -0.39 is 0 Å². The Kier molecular flexibility index (Phi) is 4.77. The van der Waals surface area contributed by atoms with E-state index in [2.05, 4.69) is 4.98 Å². The maximum Gasteiger partial charge on any atom is 0.276 e. The van der Waals surface area contributed by atoms with Crippen molar-refractivity contribution in [2.75, 3.05) is 26.2 Å². The van der Waals surface area contributed by atoms with Crippen LogP contribution in [0.15, 0.2) is 52.3 Å². The van der Waals surface area contributed by atoms with Gasteiger partial charge in [0.05, 0.1) is 4.88 Å². The standard InChI is InChI=1S/C20H19N3O3S/c1-14-17(21-18(26-14)15-6-3-2-4-7-15)20(25)23-11-9-22(10-12-23)19(24)16-8-5-13-27-16/h2-8,13H,9-12H2,1H3. The number of aromatic nitrogens is 1. The number of nitrogens with zero attached hydrogens (tertiary/aromatic N) is 3. The molecule has 1 fully saturated rings. The lowest BCUT2D eigenvalue weighted by molar-refractivity contribution is 0.0534. The molecule has 0 aliphatic carbocycles. The molecule has 0 spiro atoms. The molecule has 138 valence electrons. The lowest BCUT2D eigenvalue weighted by Crippen LogP contribution is -2.50. The van der Waals surface area contributed by atoms with Crippen molar-refractivity contribution in [3.63, 3.8) is 0 Å². The predicted octanol–water partition coefficient (Wildman–Crippen LogP) is 3.31. The van der Waals surface area contributed by atoms with Crippen molar-refractivity contribution >= 4 is 23.2 Å². The molecule has 0 saturated carbocycles. The van der Waals surface area contributed by atoms with Crippen LogP contribution in [-0.2, 0) is 0 Å². The average Bonchev–Trinajstić information content (AvgIpc) is 3.38. The molecule has 1 aliphatic heterocycles. The van der Waals surface area contributed by atoms with Crippen molar-refractivity contribution in [2.24, 2.45) is 0 Å². The van der Waals surface area contributed by atoms with E-state index in [9.17, 15) is 9.59 Å². The first kappa shape index (κ1) is 17.5. The lowest BCUT2D eigenvalue weighted by atomic mass is 10.2. The maximum absolute atomic E-state index is 12.9. The summed E-state index contributed by atoms with van der Waals surface area (Å²) in [4.78, 5) is 34.0. The zero-order chi connectivity index (χ0) is 18.8. The smallest absolute Gasteiger partial charge is 0.276 e. The van der Waals surface area contributed by atoms with Gasteiger partial charge in [0, 0.05) is 31.7 Å². The third-order valence-electron chi connectivity index (χ3n) is 4.61. The van der Waals surface area contributed by atoms with Crippen LogP contribution >= 0.6 is 11.3 Å². The highest BCUT2D eigenvalue weighted by Gasteiger charge is 2.28. The van der Waals surface area contributed by atoms with Crippen molar-refractivity contribution in [1.82, 2.24) is 14.8 Å². The van der Waals surface area contributed by atoms with Crippen LogP contribution in [0.3, 0.4) is 0 Å². The van der Waals surface area contributed by atoms with Crippen molar-refractivity contribution in [2.45, 2.75) is 6.92 Å². The zero-order valence-corrected chi connectivity index (χ0v) is 15.7. The fraction of sp³-hybridized carbons (Fsp3) is 0.250. The molecule has 2 amide bonds. The van der Waals surface area contributed by atoms with Crippen LogP contribution in [0.1, 0.15) is 25.9 Å². The van der Waals surface area contributed by atoms with Gasteiger partial charge < -0.3 is 14.2 Å². The second-order valence-electron chi connectivity index (χ2n) is 6.35. The van der Waals surface area contributed by atoms with Gasteiger partial charge in [0.1, 0.15) is 5.76 Å². The summed E-state index contributed by atoms with van der Waals surface area (Å²) in [5.41, 5.74) is 1.18. The summed E-state index contributed by atoms with van der Waals surface area (Å²) in [6.07, 6.45) is 0. The number of carbonyl (C=O) groups is 2. The number of oxazole rings is 1. The molecule has 0 radical (unpaired) electrons. The Balaban J connectivity index is 1.44. The number of amides is 2. The van der Waals surface area contributed by atoms with Gasteiger partial charge in [-0.05, 0) is 30.5 Å². The number of piperazine rings is 1. The summed E-state index contributed by atoms with van der Waals surface area (Å²) in [5, 5.41) is 1.89. The number of rotatable bonds is 3. The summed E-state index contributed by atoms with van der Waals surface area (Å²) in [7, 11) is 0. The second-order valence-corrected chi connectivity index (χ2v) is 7.30. The minimum Gasteiger partial charge on any atom is -0.441 e. The fourth-order valence-electron chi connectivity index (χ4n) is 3.12. The Morgan fingerprint density at radius 1 is 0.963 bits per heavy atom. The number of benzene rings is 1. The van der Waals surface area contributed by atoms with Crippen LogP contribution in [0.4, 0.5) is 0 Å². The molecule has 0 unspecified atom stereocenters. The summed E-state index contributed by atoms with van der Waals surface area (Å²) in [5.74, 6) is 0.835. The van der Waals surface area contributed by atoms with E-state index in [0.717, 1.165) is 10.4 Å². The van der Waals surface area contributed by atoms with Crippen molar-refractivity contribution < 1.29 is 14.0 Å². The van der Waals surface area contributed by atoms with Gasteiger partial charge in [0.2, 0.25) is 5.89 Å². The van der Waals surface area contributed by atoms with Crippen LogP contribution in [0, 0.1) is 6.92 Å². The van der Waals surface area contributed by atoms with Gasteiger partial charge in [-0.25, -0.2) is 4.98 Å². The molecule has 0 bridgehead atoms. The Morgan fingerprint density at radius 3 is 2.26 bits per heavy atom. The zero-order valence-electron chi connectivity index (χ0n) is 14.9. The summed E-state index contributed by atoms with van der Waals surface area (Å²) in [6.45, 7) is 3.77. The molecule has 4 rings (SSSR count). The normalized spacial score (nSPS) is 14.4. The van der Waals surface area contributed by atoms with Crippen molar-refractivity contribution in [3.05, 3.63) is 64.2 Å². The first-order chi connectivity index (χ1) is 13.1. The van der Waals surface area contributed by atoms with Crippen LogP contribution in [0.5, 0.6) is 0 Å². The Labute approximate surface area is 161 Å². The van der Waals surface area contributed by atoms with E-state index in [1.54, 1.807) is 16.7 Å². The molecular formula is C20H19N3O3S. The second kappa shape index (κ2) is 7.36. The van der Waals surface area contributed by atoms with E-state index in [-0.39, 0.29) is 11.8 Å². The van der Waals surface area contributed by atoms with Crippen LogP contribution in [0.25, 0.3) is 11.5 Å². The number of hydrogen-bond acceptors (Lipinski definition) is 5. The molecule has 6 nitrogen and oxygen atoms in total. The quantitative estimate of drug-likeness (QED) is 0.698. The number of hydrogen-bond donors (Lipinski definition) is 0. The minimum absolute atomic E-state index is 0.0288. The van der Waals surface area contributed by atoms with Crippen molar-refractivity contribution in [1.29, 1.82) is 0 Å². The summed E-state index contributed by atoms with van der Waals surface area (Å²) >= 11 is 1.44. The van der Waals surface area contributed by atoms with E-state index in [4.69, 9.17) is 4.42 Å². The van der Waals surface area contributed by atoms with E-state index >= 15 is 0 Å². The minimum atomic E-state index is -0.151. The molecule has 1 saturated heterocycles. The lowest BCUT2D eigenvalue weighted by Gasteiger charge is -2.34. The third-order valence-corrected chi connectivity index (χ3v) is 5.46. The summed E-state index contributed by atoms with van der Waals surface area (Å²) < 4.78 is 5.70. The fourth-order valence-corrected chi connectivity index (χ4v) is 3.81. The molecule has 27 heavy (non-hydrogen) atoms. The molecule has 1 aliphatic rings. The van der Waals surface area contributed by atoms with Gasteiger partial charge in [-0.15, -0.1) is 11.3 Å². The van der Waals surface area contributed by atoms with Crippen LogP contribution in [0.2, 0.25) is 0 Å². The van der Waals surface area contributed by atoms with Gasteiger partial charge in [-0.3, -0.25) is 9.59 Å². The summed E-state index contributed by atoms with van der Waals surface area (Å²) in [6, 6.07) is 13.2. The maximum atomic E-state index is 12.9. The average molecular weight is 381 g/mol. The largest absolute Gasteiger partial charge is 0.441 e. The SMILES string of the molecule is Cc1oc(-c2ccccc2)nc1C(=O)N1CCN(C(=O)c2cccs2)CC1. The van der Waals surface area contributed by atoms with Gasteiger partial charge >= 0.3 is 0 Å². The van der Waals surface area contributed by atoms with Crippen molar-refractivity contribution in [3.8, 4) is 11.5 Å². The Hall–Kier alpha value is -2.93. The first-order valence-corrected chi connectivity index (χ1v) is 9.66. The predicted molar refractivity (Wildman–Crippen MR) is 103 cm³/mol. The van der Waals surface area contributed by atoms with Crippen LogP contribution < -0.4 is 0 Å². The van der Waals surface area contributed by atoms with Gasteiger partial charge in [-0.1, -0.05) is 24.3 Å². The molecular weight excluding hydrogens is 362 g/mol. The molecule has 2 aromatic heterocycles. The molecule has 0 atom stereocenters. The highest BCUT2D eigenvalue weighted by molar-refractivity contribution is 7.12. The molecule has 1 aromatic carbocycles. The molecule has 7 heteroatoms. The monoisotopic (exact) mass is 381 g/mol. The van der Waals surface area contributed by atoms with E-state index in [1.807, 2.05) is 47.8 Å². The Bertz CT molecular complexity index is 942. The van der Waals surface area contributed by atoms with E-state index in [0.29, 0.717) is 43.5 Å². The third kappa shape index (κ3) is 3.50. The number of thiophene rings is 1.